The summed E-state index contributed by atoms with van der Waals surface area (Å²) in [6.07, 6.45) is 0. The van der Waals surface area contributed by atoms with Crippen molar-refractivity contribution in [3.05, 3.63) is 42.5 Å². The molecule has 0 unspecified atom stereocenters. The molecule has 4 rings (SSSR count). The number of para-hydroxylation sites is 1. The van der Waals surface area contributed by atoms with E-state index < -0.39 is 0 Å². The summed E-state index contributed by atoms with van der Waals surface area (Å²) in [6.45, 7) is 3.22. The lowest BCUT2D eigenvalue weighted by atomic mass is 10.0. The predicted octanol–water partition coefficient (Wildman–Crippen LogP) is 3.02. The maximum absolute atomic E-state index is 12.5. The van der Waals surface area contributed by atoms with E-state index in [1.807, 2.05) is 47.4 Å². The first-order chi connectivity index (χ1) is 13.2. The monoisotopic (exact) mass is 365 g/mol. The maximum atomic E-state index is 12.5. The van der Waals surface area contributed by atoms with Crippen molar-refractivity contribution in [1.82, 2.24) is 20.0 Å². The number of hydrogen-bond acceptors (Lipinski definition) is 4. The molecule has 0 atom stereocenters. The van der Waals surface area contributed by atoms with Crippen molar-refractivity contribution >= 4 is 22.8 Å². The van der Waals surface area contributed by atoms with Gasteiger partial charge in [0.05, 0.1) is 12.6 Å². The number of aromatic amines is 1. The van der Waals surface area contributed by atoms with Crippen molar-refractivity contribution in [1.29, 1.82) is 0 Å². The number of rotatable bonds is 3. The van der Waals surface area contributed by atoms with Gasteiger partial charge in [0.1, 0.15) is 5.75 Å². The van der Waals surface area contributed by atoms with Crippen molar-refractivity contribution in [3.8, 4) is 16.9 Å². The van der Waals surface area contributed by atoms with Gasteiger partial charge in [-0.3, -0.25) is 10.4 Å². The molecule has 0 radical (unpaired) electrons. The number of piperazine rings is 1. The van der Waals surface area contributed by atoms with E-state index in [2.05, 4.69) is 27.5 Å². The number of nitrogens with one attached hydrogen (secondary N) is 2. The second kappa shape index (κ2) is 7.28. The fraction of sp³-hybridized carbons (Fsp3) is 0.300. The number of methoxy groups -OCH3 is 1. The Kier molecular flexibility index (Phi) is 4.68. The van der Waals surface area contributed by atoms with Crippen LogP contribution < -0.4 is 10.1 Å². The van der Waals surface area contributed by atoms with E-state index >= 15 is 0 Å². The van der Waals surface area contributed by atoms with Crippen LogP contribution in [0.5, 0.6) is 5.75 Å². The van der Waals surface area contributed by atoms with Crippen molar-refractivity contribution in [2.45, 2.75) is 0 Å². The minimum atomic E-state index is -0.106. The number of urea groups is 1. The molecule has 1 aromatic heterocycles. The number of benzene rings is 2. The smallest absolute Gasteiger partial charge is 0.323 e. The average Bonchev–Trinajstić information content (AvgIpc) is 3.10. The Morgan fingerprint density at radius 3 is 2.70 bits per heavy atom. The molecular weight excluding hydrogens is 342 g/mol. The van der Waals surface area contributed by atoms with Gasteiger partial charge < -0.3 is 14.5 Å². The molecule has 0 saturated carbocycles. The molecule has 2 heterocycles. The van der Waals surface area contributed by atoms with Crippen LogP contribution in [-0.4, -0.2) is 66.4 Å². The number of ether oxygens (including phenoxy) is 1. The first-order valence-electron chi connectivity index (χ1n) is 9.01. The standard InChI is InChI=1S/C20H23N5O2/c1-24-9-11-25(12-10-24)20(26)21-19-16-8-7-14(13-17(16)22-23-19)15-5-3-4-6-18(15)27-2/h3-8,13H,9-12H2,1-2H3,(H2,21,22,23,26). The molecule has 3 aromatic rings. The highest BCUT2D eigenvalue weighted by Crippen LogP contribution is 2.32. The number of H-pyrrole nitrogens is 1. The third-order valence-corrected chi connectivity index (χ3v) is 5.00. The first-order valence-corrected chi connectivity index (χ1v) is 9.01. The molecule has 1 aliphatic rings. The van der Waals surface area contributed by atoms with Crippen LogP contribution >= 0.6 is 0 Å². The molecule has 1 aliphatic heterocycles. The van der Waals surface area contributed by atoms with Gasteiger partial charge in [0, 0.05) is 37.1 Å². The number of amides is 2. The highest BCUT2D eigenvalue weighted by atomic mass is 16.5. The van der Waals surface area contributed by atoms with E-state index in [1.54, 1.807) is 7.11 Å². The third-order valence-electron chi connectivity index (χ3n) is 5.00. The third kappa shape index (κ3) is 3.46. The summed E-state index contributed by atoms with van der Waals surface area (Å²) in [7, 11) is 3.73. The second-order valence-corrected chi connectivity index (χ2v) is 6.75. The number of aromatic nitrogens is 2. The summed E-state index contributed by atoms with van der Waals surface area (Å²) in [4.78, 5) is 16.6. The second-order valence-electron chi connectivity index (χ2n) is 6.75. The van der Waals surface area contributed by atoms with E-state index in [0.717, 1.165) is 54.0 Å². The minimum absolute atomic E-state index is 0.106. The summed E-state index contributed by atoms with van der Waals surface area (Å²) in [5.74, 6) is 1.38. The number of likely N-dealkylation sites (N-methyl/N-ethyl adjacent to an activating group) is 1. The fourth-order valence-electron chi connectivity index (χ4n) is 3.36. The lowest BCUT2D eigenvalue weighted by Gasteiger charge is -2.32. The average molecular weight is 365 g/mol. The van der Waals surface area contributed by atoms with Crippen molar-refractivity contribution in [3.63, 3.8) is 0 Å². The van der Waals surface area contributed by atoms with E-state index in [1.165, 1.54) is 0 Å². The Bertz CT molecular complexity index is 960. The van der Waals surface area contributed by atoms with Gasteiger partial charge in [-0.25, -0.2) is 4.79 Å². The van der Waals surface area contributed by atoms with Crippen LogP contribution in [0.2, 0.25) is 0 Å². The first kappa shape index (κ1) is 17.4. The van der Waals surface area contributed by atoms with Gasteiger partial charge in [0.25, 0.3) is 0 Å². The van der Waals surface area contributed by atoms with Gasteiger partial charge in [0.2, 0.25) is 0 Å². The molecule has 1 fully saturated rings. The van der Waals surface area contributed by atoms with Crippen molar-refractivity contribution in [2.24, 2.45) is 0 Å². The molecule has 27 heavy (non-hydrogen) atoms. The Balaban J connectivity index is 1.57. The molecule has 2 aromatic carbocycles. The largest absolute Gasteiger partial charge is 0.496 e. The molecule has 2 amide bonds. The van der Waals surface area contributed by atoms with E-state index in [9.17, 15) is 4.79 Å². The Hall–Kier alpha value is -3.06. The van der Waals surface area contributed by atoms with Crippen LogP contribution in [0.25, 0.3) is 22.0 Å². The van der Waals surface area contributed by atoms with Gasteiger partial charge in [-0.15, -0.1) is 0 Å². The minimum Gasteiger partial charge on any atom is -0.496 e. The van der Waals surface area contributed by atoms with Gasteiger partial charge in [-0.2, -0.15) is 5.10 Å². The van der Waals surface area contributed by atoms with Gasteiger partial charge in [-0.05, 0) is 30.8 Å². The van der Waals surface area contributed by atoms with Gasteiger partial charge in [0.15, 0.2) is 5.82 Å². The molecule has 1 saturated heterocycles. The molecule has 2 N–H and O–H groups in total. The Morgan fingerprint density at radius 2 is 1.93 bits per heavy atom. The van der Waals surface area contributed by atoms with Crippen LogP contribution in [0.1, 0.15) is 0 Å². The Morgan fingerprint density at radius 1 is 1.15 bits per heavy atom. The van der Waals surface area contributed by atoms with Crippen LogP contribution in [0.3, 0.4) is 0 Å². The summed E-state index contributed by atoms with van der Waals surface area (Å²) in [6, 6.07) is 13.8. The van der Waals surface area contributed by atoms with Crippen LogP contribution in [0, 0.1) is 0 Å². The van der Waals surface area contributed by atoms with Gasteiger partial charge in [-0.1, -0.05) is 24.3 Å². The van der Waals surface area contributed by atoms with E-state index in [-0.39, 0.29) is 6.03 Å². The number of nitrogens with zero attached hydrogens (tertiary/aromatic N) is 3. The highest BCUT2D eigenvalue weighted by molar-refractivity contribution is 6.00. The normalized spacial score (nSPS) is 15.1. The summed E-state index contributed by atoms with van der Waals surface area (Å²) < 4.78 is 5.45. The summed E-state index contributed by atoms with van der Waals surface area (Å²) >= 11 is 0. The zero-order valence-electron chi connectivity index (χ0n) is 15.5. The number of carbonyl (C=O) groups is 1. The summed E-state index contributed by atoms with van der Waals surface area (Å²) in [5.41, 5.74) is 2.91. The highest BCUT2D eigenvalue weighted by Gasteiger charge is 2.20. The molecule has 0 spiro atoms. The van der Waals surface area contributed by atoms with Crippen LogP contribution in [-0.2, 0) is 0 Å². The fourth-order valence-corrected chi connectivity index (χ4v) is 3.36. The van der Waals surface area contributed by atoms with E-state index in [4.69, 9.17) is 4.74 Å². The Labute approximate surface area is 157 Å². The van der Waals surface area contributed by atoms with Crippen LogP contribution in [0.15, 0.2) is 42.5 Å². The number of anilines is 1. The lowest BCUT2D eigenvalue weighted by molar-refractivity contribution is 0.164. The lowest BCUT2D eigenvalue weighted by Crippen LogP contribution is -2.48. The molecular formula is C20H23N5O2. The summed E-state index contributed by atoms with van der Waals surface area (Å²) in [5, 5.41) is 11.1. The quantitative estimate of drug-likeness (QED) is 0.748. The maximum Gasteiger partial charge on any atom is 0.323 e. The number of carbonyl (C=O) groups excluding carboxylic acids is 1. The molecule has 140 valence electrons. The van der Waals surface area contributed by atoms with Crippen molar-refractivity contribution in [2.75, 3.05) is 45.7 Å². The number of fused-ring (bicyclic) bond motifs is 1. The topological polar surface area (TPSA) is 73.5 Å². The molecule has 0 aliphatic carbocycles. The van der Waals surface area contributed by atoms with Gasteiger partial charge >= 0.3 is 6.03 Å². The molecule has 7 nitrogen and oxygen atoms in total. The zero-order valence-corrected chi connectivity index (χ0v) is 15.5. The van der Waals surface area contributed by atoms with Crippen molar-refractivity contribution < 1.29 is 9.53 Å². The zero-order chi connectivity index (χ0) is 18.8. The molecule has 7 heteroatoms. The SMILES string of the molecule is COc1ccccc1-c1ccc2c(NC(=O)N3CCN(C)CC3)n[nH]c2c1. The molecule has 0 bridgehead atoms. The predicted molar refractivity (Wildman–Crippen MR) is 106 cm³/mol. The van der Waals surface area contributed by atoms with E-state index in [0.29, 0.717) is 5.82 Å². The number of hydrogen-bond donors (Lipinski definition) is 2. The van der Waals surface area contributed by atoms with Crippen LogP contribution in [0.4, 0.5) is 10.6 Å².